The fourth-order valence-electron chi connectivity index (χ4n) is 3.31. The van der Waals surface area contributed by atoms with Crippen molar-refractivity contribution in [2.24, 2.45) is 5.92 Å². The van der Waals surface area contributed by atoms with Crippen LogP contribution in [0, 0.1) is 5.92 Å². The highest BCUT2D eigenvalue weighted by Gasteiger charge is 2.37. The van der Waals surface area contributed by atoms with Crippen molar-refractivity contribution in [3.8, 4) is 17.0 Å². The number of H-pyrrole nitrogens is 1. The number of hydrogen-bond donors (Lipinski definition) is 2. The fourth-order valence-corrected chi connectivity index (χ4v) is 3.58. The van der Waals surface area contributed by atoms with Gasteiger partial charge in [-0.25, -0.2) is 0 Å². The summed E-state index contributed by atoms with van der Waals surface area (Å²) in [6.45, 7) is 2.41. The molecule has 0 spiro atoms. The quantitative estimate of drug-likeness (QED) is 0.611. The van der Waals surface area contributed by atoms with Crippen molar-refractivity contribution in [1.29, 1.82) is 0 Å². The van der Waals surface area contributed by atoms with Crippen LogP contribution in [0.25, 0.3) is 11.3 Å². The molecule has 29 heavy (non-hydrogen) atoms. The van der Waals surface area contributed by atoms with Crippen LogP contribution in [0.3, 0.4) is 0 Å². The zero-order chi connectivity index (χ0) is 21.0. The van der Waals surface area contributed by atoms with Crippen molar-refractivity contribution in [2.45, 2.75) is 32.0 Å². The summed E-state index contributed by atoms with van der Waals surface area (Å²) in [6, 6.07) is 2.58. The van der Waals surface area contributed by atoms with E-state index >= 15 is 0 Å². The van der Waals surface area contributed by atoms with Crippen LogP contribution in [-0.4, -0.2) is 48.9 Å². The summed E-state index contributed by atoms with van der Waals surface area (Å²) in [5.74, 6) is 0.0101. The lowest BCUT2D eigenvalue weighted by atomic mass is 9.86. The molecule has 2 N–H and O–H groups in total. The second-order valence-corrected chi connectivity index (χ2v) is 7.95. The van der Waals surface area contributed by atoms with Gasteiger partial charge in [0.2, 0.25) is 0 Å². The number of nitrogens with one attached hydrogen (secondary N) is 2. The first-order chi connectivity index (χ1) is 13.8. The lowest BCUT2D eigenvalue weighted by molar-refractivity contribution is -0.139. The minimum Gasteiger partial charge on any atom is -0.491 e. The van der Waals surface area contributed by atoms with Gasteiger partial charge in [-0.3, -0.25) is 5.10 Å². The van der Waals surface area contributed by atoms with E-state index in [1.165, 1.54) is 6.07 Å². The molecule has 1 aliphatic carbocycles. The third-order valence-corrected chi connectivity index (χ3v) is 5.49. The predicted octanol–water partition coefficient (Wildman–Crippen LogP) is 4.58. The van der Waals surface area contributed by atoms with Gasteiger partial charge in [0.25, 0.3) is 0 Å². The average Bonchev–Trinajstić information content (AvgIpc) is 3.06. The van der Waals surface area contributed by atoms with Gasteiger partial charge in [-0.2, -0.15) is 18.3 Å². The minimum absolute atomic E-state index is 0.0494. The highest BCUT2D eigenvalue weighted by atomic mass is 35.5. The summed E-state index contributed by atoms with van der Waals surface area (Å²) in [5, 5.41) is 9.95. The van der Waals surface area contributed by atoms with Gasteiger partial charge in [0.05, 0.1) is 22.9 Å². The number of likely N-dealkylation sites (N-methyl/N-ethyl adjacent to an activating group) is 2. The number of aromatic nitrogens is 2. The minimum atomic E-state index is -4.57. The van der Waals surface area contributed by atoms with Gasteiger partial charge >= 0.3 is 6.18 Å². The first-order valence-electron chi connectivity index (χ1n) is 9.69. The fraction of sp³-hybridized carbons (Fsp3) is 0.550. The molecule has 0 amide bonds. The van der Waals surface area contributed by atoms with E-state index in [0.717, 1.165) is 44.0 Å². The van der Waals surface area contributed by atoms with Gasteiger partial charge < -0.3 is 15.0 Å². The number of benzene rings is 1. The Hall–Kier alpha value is -1.77. The Morgan fingerprint density at radius 1 is 1.34 bits per heavy atom. The van der Waals surface area contributed by atoms with Crippen LogP contribution in [0.1, 0.15) is 30.4 Å². The average molecular weight is 431 g/mol. The van der Waals surface area contributed by atoms with Crippen molar-refractivity contribution < 1.29 is 17.9 Å². The zero-order valence-corrected chi connectivity index (χ0v) is 17.3. The van der Waals surface area contributed by atoms with Gasteiger partial charge in [0.1, 0.15) is 5.75 Å². The maximum atomic E-state index is 13.7. The van der Waals surface area contributed by atoms with Crippen molar-refractivity contribution >= 4 is 11.6 Å². The van der Waals surface area contributed by atoms with Crippen molar-refractivity contribution in [3.63, 3.8) is 0 Å². The Bertz CT molecular complexity index is 821. The Labute approximate surface area is 173 Å². The van der Waals surface area contributed by atoms with Crippen molar-refractivity contribution in [2.75, 3.05) is 33.8 Å². The van der Waals surface area contributed by atoms with E-state index < -0.39 is 11.7 Å². The molecule has 1 fully saturated rings. The van der Waals surface area contributed by atoms with Crippen LogP contribution in [-0.2, 0) is 12.7 Å². The summed E-state index contributed by atoms with van der Waals surface area (Å²) in [5.41, 5.74) is 0.712. The van der Waals surface area contributed by atoms with Crippen molar-refractivity contribution in [1.82, 2.24) is 20.4 Å². The molecule has 0 atom stereocenters. The van der Waals surface area contributed by atoms with Crippen LogP contribution < -0.4 is 10.1 Å². The Morgan fingerprint density at radius 2 is 2.10 bits per heavy atom. The van der Waals surface area contributed by atoms with Crippen LogP contribution in [0.15, 0.2) is 18.3 Å². The normalized spacial score (nSPS) is 15.0. The van der Waals surface area contributed by atoms with Gasteiger partial charge in [-0.1, -0.05) is 18.0 Å². The molecule has 1 heterocycles. The number of halogens is 4. The molecule has 0 bridgehead atoms. The highest BCUT2D eigenvalue weighted by molar-refractivity contribution is 6.32. The van der Waals surface area contributed by atoms with Gasteiger partial charge in [0.15, 0.2) is 0 Å². The molecule has 1 aromatic heterocycles. The number of nitrogens with zero attached hydrogens (tertiary/aromatic N) is 2. The van der Waals surface area contributed by atoms with Crippen LogP contribution in [0.5, 0.6) is 5.75 Å². The monoisotopic (exact) mass is 430 g/mol. The summed E-state index contributed by atoms with van der Waals surface area (Å²) in [7, 11) is 3.81. The summed E-state index contributed by atoms with van der Waals surface area (Å²) in [4.78, 5) is 2.06. The van der Waals surface area contributed by atoms with E-state index in [4.69, 9.17) is 16.3 Å². The maximum Gasteiger partial charge on any atom is 0.420 e. The Kier molecular flexibility index (Phi) is 7.08. The summed E-state index contributed by atoms with van der Waals surface area (Å²) >= 11 is 6.25. The predicted molar refractivity (Wildman–Crippen MR) is 107 cm³/mol. The number of ether oxygens (including phenoxy) is 1. The van der Waals surface area contributed by atoms with Crippen molar-refractivity contribution in [3.05, 3.63) is 34.5 Å². The number of hydrogen-bond acceptors (Lipinski definition) is 4. The second-order valence-electron chi connectivity index (χ2n) is 7.54. The molecule has 1 saturated carbocycles. The standard InChI is InChI=1S/C20H26ClF3N4O/c1-25-6-7-28(2)11-15-10-26-27-18(15)14-8-16(20(22,23)24)19(17(21)9-14)29-12-13-4-3-5-13/h8-10,13,25H,3-7,11-12H2,1-2H3,(H,26,27). The third-order valence-electron chi connectivity index (χ3n) is 5.21. The molecule has 2 aromatic rings. The van der Waals surface area contributed by atoms with Crippen LogP contribution >= 0.6 is 11.6 Å². The topological polar surface area (TPSA) is 53.2 Å². The maximum absolute atomic E-state index is 13.7. The molecule has 0 aliphatic heterocycles. The van der Waals surface area contributed by atoms with Gasteiger partial charge in [-0.05, 0) is 45.0 Å². The molecular formula is C20H26ClF3N4O. The van der Waals surface area contributed by atoms with Gasteiger partial charge in [-0.15, -0.1) is 0 Å². The van der Waals surface area contributed by atoms with E-state index in [1.54, 1.807) is 6.20 Å². The number of alkyl halides is 3. The molecule has 0 radical (unpaired) electrons. The zero-order valence-electron chi connectivity index (χ0n) is 16.6. The molecule has 1 aliphatic rings. The second kappa shape index (κ2) is 9.36. The molecule has 160 valence electrons. The van der Waals surface area contributed by atoms with Crippen LogP contribution in [0.2, 0.25) is 5.02 Å². The Balaban J connectivity index is 1.88. The molecule has 0 saturated heterocycles. The van der Waals surface area contributed by atoms with Crippen LogP contribution in [0.4, 0.5) is 13.2 Å². The third kappa shape index (κ3) is 5.43. The van der Waals surface area contributed by atoms with Gasteiger partial charge in [0, 0.05) is 37.0 Å². The molecule has 5 nitrogen and oxygen atoms in total. The largest absolute Gasteiger partial charge is 0.491 e. The molecule has 3 rings (SSSR count). The smallest absolute Gasteiger partial charge is 0.420 e. The first kappa shape index (κ1) is 21.9. The summed E-state index contributed by atoms with van der Waals surface area (Å²) in [6.07, 6.45) is 0.184. The van der Waals surface area contributed by atoms with E-state index in [-0.39, 0.29) is 17.4 Å². The van der Waals surface area contributed by atoms with E-state index in [1.807, 2.05) is 14.1 Å². The molecule has 0 unspecified atom stereocenters. The van der Waals surface area contributed by atoms with E-state index in [2.05, 4.69) is 20.4 Å². The molecular weight excluding hydrogens is 405 g/mol. The van der Waals surface area contributed by atoms with E-state index in [9.17, 15) is 13.2 Å². The number of aromatic amines is 1. The Morgan fingerprint density at radius 3 is 2.72 bits per heavy atom. The lowest BCUT2D eigenvalue weighted by Gasteiger charge is -2.26. The summed E-state index contributed by atoms with van der Waals surface area (Å²) < 4.78 is 46.7. The molecule has 9 heteroatoms. The molecule has 1 aromatic carbocycles. The SMILES string of the molecule is CNCCN(C)Cc1c[nH]nc1-c1cc(Cl)c(OCC2CCC2)c(C(F)(F)F)c1. The highest BCUT2D eigenvalue weighted by Crippen LogP contribution is 2.44. The lowest BCUT2D eigenvalue weighted by Crippen LogP contribution is -2.27. The van der Waals surface area contributed by atoms with E-state index in [0.29, 0.717) is 23.7 Å². The first-order valence-corrected chi connectivity index (χ1v) is 10.1. The number of rotatable bonds is 9.